The number of aryl methyl sites for hydroxylation is 1. The minimum atomic E-state index is -2.54. The SMILES string of the molecule is Cc1ccccc1CNC(=O)N1CCCC12CCCS(=N)(=O)C2. The molecule has 2 fully saturated rings. The number of carbonyl (C=O) groups excluding carboxylic acids is 1. The first-order valence-corrected chi connectivity index (χ1v) is 10.2. The Morgan fingerprint density at radius 1 is 1.35 bits per heavy atom. The van der Waals surface area contributed by atoms with Crippen molar-refractivity contribution in [2.24, 2.45) is 0 Å². The van der Waals surface area contributed by atoms with Crippen LogP contribution in [0, 0.1) is 11.7 Å². The van der Waals surface area contributed by atoms with Gasteiger partial charge in [-0.1, -0.05) is 24.3 Å². The Bertz CT molecular complexity index is 702. The fraction of sp³-hybridized carbons (Fsp3) is 0.588. The molecule has 2 aliphatic heterocycles. The predicted octanol–water partition coefficient (Wildman–Crippen LogP) is 2.88. The molecule has 2 unspecified atom stereocenters. The van der Waals surface area contributed by atoms with Crippen molar-refractivity contribution in [1.29, 1.82) is 4.78 Å². The highest BCUT2D eigenvalue weighted by Gasteiger charge is 2.47. The van der Waals surface area contributed by atoms with Gasteiger partial charge >= 0.3 is 6.03 Å². The first-order valence-electron chi connectivity index (χ1n) is 8.26. The minimum absolute atomic E-state index is 0.0807. The van der Waals surface area contributed by atoms with Gasteiger partial charge in [-0.15, -0.1) is 0 Å². The number of benzene rings is 1. The molecule has 0 bridgehead atoms. The van der Waals surface area contributed by atoms with Gasteiger partial charge in [-0.05, 0) is 43.7 Å². The van der Waals surface area contributed by atoms with Gasteiger partial charge in [-0.3, -0.25) is 4.78 Å². The van der Waals surface area contributed by atoms with Crippen LogP contribution in [-0.4, -0.2) is 38.7 Å². The Morgan fingerprint density at radius 3 is 2.83 bits per heavy atom. The van der Waals surface area contributed by atoms with Crippen molar-refractivity contribution < 1.29 is 9.00 Å². The van der Waals surface area contributed by atoms with Gasteiger partial charge < -0.3 is 10.2 Å². The van der Waals surface area contributed by atoms with Crippen LogP contribution >= 0.6 is 0 Å². The van der Waals surface area contributed by atoms with E-state index in [1.54, 1.807) is 0 Å². The van der Waals surface area contributed by atoms with Gasteiger partial charge in [0.1, 0.15) is 0 Å². The molecule has 2 amide bonds. The van der Waals surface area contributed by atoms with Crippen LogP contribution in [0.3, 0.4) is 0 Å². The van der Waals surface area contributed by atoms with E-state index in [4.69, 9.17) is 4.78 Å². The van der Waals surface area contributed by atoms with E-state index in [0.29, 0.717) is 24.6 Å². The maximum Gasteiger partial charge on any atom is 0.318 e. The third-order valence-electron chi connectivity index (χ3n) is 5.15. The maximum atomic E-state index is 12.7. The van der Waals surface area contributed by atoms with Crippen LogP contribution in [0.1, 0.15) is 36.8 Å². The smallest absolute Gasteiger partial charge is 0.318 e. The number of nitrogens with one attached hydrogen (secondary N) is 2. The van der Waals surface area contributed by atoms with Crippen LogP contribution in [-0.2, 0) is 16.3 Å². The van der Waals surface area contributed by atoms with E-state index in [2.05, 4.69) is 5.32 Å². The third-order valence-corrected chi connectivity index (χ3v) is 7.10. The number of nitrogens with zero attached hydrogens (tertiary/aromatic N) is 1. The number of hydrogen-bond acceptors (Lipinski definition) is 3. The van der Waals surface area contributed by atoms with Gasteiger partial charge in [-0.25, -0.2) is 9.00 Å². The van der Waals surface area contributed by atoms with Crippen molar-refractivity contribution in [3.05, 3.63) is 35.4 Å². The molecule has 2 atom stereocenters. The van der Waals surface area contributed by atoms with E-state index in [1.165, 1.54) is 0 Å². The summed E-state index contributed by atoms with van der Waals surface area (Å²) in [6, 6.07) is 7.94. The van der Waals surface area contributed by atoms with Crippen LogP contribution in [0.2, 0.25) is 0 Å². The maximum absolute atomic E-state index is 12.7. The van der Waals surface area contributed by atoms with Crippen molar-refractivity contribution in [1.82, 2.24) is 10.2 Å². The lowest BCUT2D eigenvalue weighted by Gasteiger charge is -2.41. The lowest BCUT2D eigenvalue weighted by Crippen LogP contribution is -2.56. The molecule has 1 spiro atoms. The van der Waals surface area contributed by atoms with Gasteiger partial charge in [0.2, 0.25) is 0 Å². The molecule has 3 rings (SSSR count). The Kier molecular flexibility index (Phi) is 4.36. The third kappa shape index (κ3) is 3.37. The van der Waals surface area contributed by atoms with Gasteiger partial charge in [-0.2, -0.15) is 0 Å². The summed E-state index contributed by atoms with van der Waals surface area (Å²) in [5, 5.41) is 3.01. The number of carbonyl (C=O) groups is 1. The van der Waals surface area contributed by atoms with Gasteiger partial charge in [0.25, 0.3) is 0 Å². The van der Waals surface area contributed by atoms with E-state index in [1.807, 2.05) is 36.1 Å². The van der Waals surface area contributed by atoms with E-state index >= 15 is 0 Å². The van der Waals surface area contributed by atoms with Crippen molar-refractivity contribution in [2.75, 3.05) is 18.1 Å². The highest BCUT2D eigenvalue weighted by atomic mass is 32.2. The summed E-state index contributed by atoms with van der Waals surface area (Å²) >= 11 is 0. The van der Waals surface area contributed by atoms with Crippen molar-refractivity contribution >= 4 is 15.8 Å². The summed E-state index contributed by atoms with van der Waals surface area (Å²) in [5.41, 5.74) is 1.92. The summed E-state index contributed by atoms with van der Waals surface area (Å²) < 4.78 is 20.2. The van der Waals surface area contributed by atoms with Crippen molar-refractivity contribution in [2.45, 2.75) is 44.7 Å². The Hall–Kier alpha value is -1.56. The molecule has 1 aromatic carbocycles. The molecule has 0 radical (unpaired) electrons. The molecule has 0 aliphatic carbocycles. The van der Waals surface area contributed by atoms with E-state index < -0.39 is 9.73 Å². The zero-order valence-corrected chi connectivity index (χ0v) is 14.5. The second-order valence-electron chi connectivity index (χ2n) is 6.83. The Morgan fingerprint density at radius 2 is 2.09 bits per heavy atom. The molecular weight excluding hydrogens is 310 g/mol. The molecule has 2 aliphatic rings. The average molecular weight is 335 g/mol. The lowest BCUT2D eigenvalue weighted by atomic mass is 9.92. The molecule has 2 saturated heterocycles. The monoisotopic (exact) mass is 335 g/mol. The molecule has 1 aromatic rings. The lowest BCUT2D eigenvalue weighted by molar-refractivity contribution is 0.148. The van der Waals surface area contributed by atoms with Crippen molar-refractivity contribution in [3.63, 3.8) is 0 Å². The molecule has 0 aromatic heterocycles. The van der Waals surface area contributed by atoms with Gasteiger partial charge in [0.15, 0.2) is 0 Å². The number of urea groups is 1. The number of likely N-dealkylation sites (tertiary alicyclic amines) is 1. The minimum Gasteiger partial charge on any atom is -0.334 e. The Labute approximate surface area is 138 Å². The van der Waals surface area contributed by atoms with Crippen molar-refractivity contribution in [3.8, 4) is 0 Å². The van der Waals surface area contributed by atoms with E-state index in [0.717, 1.165) is 36.8 Å². The fourth-order valence-corrected chi connectivity index (χ4v) is 6.02. The summed E-state index contributed by atoms with van der Waals surface area (Å²) in [6.07, 6.45) is 3.47. The van der Waals surface area contributed by atoms with E-state index in [9.17, 15) is 9.00 Å². The van der Waals surface area contributed by atoms with Gasteiger partial charge in [0.05, 0.1) is 11.3 Å². The normalized spacial score (nSPS) is 30.6. The molecule has 6 heteroatoms. The van der Waals surface area contributed by atoms with Crippen LogP contribution in [0.5, 0.6) is 0 Å². The second-order valence-corrected chi connectivity index (χ2v) is 9.15. The zero-order chi connectivity index (χ0) is 16.5. The molecule has 5 nitrogen and oxygen atoms in total. The molecule has 2 heterocycles. The quantitative estimate of drug-likeness (QED) is 0.872. The highest BCUT2D eigenvalue weighted by molar-refractivity contribution is 7.92. The van der Waals surface area contributed by atoms with Crippen LogP contribution < -0.4 is 5.32 Å². The predicted molar refractivity (Wildman–Crippen MR) is 91.9 cm³/mol. The first kappa shape index (κ1) is 16.3. The molecule has 126 valence electrons. The van der Waals surface area contributed by atoms with Crippen LogP contribution in [0.15, 0.2) is 24.3 Å². The fourth-order valence-electron chi connectivity index (χ4n) is 3.95. The Balaban J connectivity index is 1.70. The first-order chi connectivity index (χ1) is 10.9. The molecular formula is C17H25N3O2S. The number of rotatable bonds is 2. The molecule has 23 heavy (non-hydrogen) atoms. The highest BCUT2D eigenvalue weighted by Crippen LogP contribution is 2.38. The molecule has 0 saturated carbocycles. The average Bonchev–Trinajstić information content (AvgIpc) is 2.87. The summed E-state index contributed by atoms with van der Waals surface area (Å²) in [5.74, 6) is 0.825. The summed E-state index contributed by atoms with van der Waals surface area (Å²) in [6.45, 7) is 3.25. The van der Waals surface area contributed by atoms with Crippen LogP contribution in [0.4, 0.5) is 4.79 Å². The largest absolute Gasteiger partial charge is 0.334 e. The topological polar surface area (TPSA) is 73.3 Å². The summed E-state index contributed by atoms with van der Waals surface area (Å²) in [7, 11) is -2.54. The van der Waals surface area contributed by atoms with Gasteiger partial charge in [0, 0.05) is 28.6 Å². The number of amides is 2. The second kappa shape index (κ2) is 6.15. The van der Waals surface area contributed by atoms with Crippen LogP contribution in [0.25, 0.3) is 0 Å². The summed E-state index contributed by atoms with van der Waals surface area (Å²) in [4.78, 5) is 14.5. The standard InChI is InChI=1S/C17H25N3O2S/c1-14-6-2-3-7-15(14)12-19-16(21)20-10-4-8-17(20)9-5-11-23(18,22)13-17/h2-3,6-7,18H,4-5,8-13H2,1H3,(H,19,21). The molecule has 2 N–H and O–H groups in total. The van der Waals surface area contributed by atoms with E-state index in [-0.39, 0.29) is 11.6 Å². The number of hydrogen-bond donors (Lipinski definition) is 2. The zero-order valence-electron chi connectivity index (χ0n) is 13.6.